The molecule has 1 rings (SSSR count). The highest BCUT2D eigenvalue weighted by molar-refractivity contribution is 4.40. The molecular weight excluding hydrogens is 153 g/mol. The summed E-state index contributed by atoms with van der Waals surface area (Å²) in [5.74, 6) is 0. The molecule has 0 bridgehead atoms. The second-order valence-electron chi connectivity index (χ2n) is 1.59. The van der Waals surface area contributed by atoms with Gasteiger partial charge in [-0.05, 0) is 0 Å². The maximum atomic E-state index is 11.3. The highest BCUT2D eigenvalue weighted by atomic mass is 19.4. The minimum atomic E-state index is -4.69. The van der Waals surface area contributed by atoms with Crippen LogP contribution in [0.4, 0.5) is 13.2 Å². The van der Waals surface area contributed by atoms with Crippen LogP contribution >= 0.6 is 0 Å². The number of ether oxygens (including phenoxy) is 3. The molecule has 3 nitrogen and oxygen atoms in total. The summed E-state index contributed by atoms with van der Waals surface area (Å²) in [5, 5.41) is 0. The monoisotopic (exact) mass is 158 g/mol. The number of rotatable bonds is 1. The average Bonchev–Trinajstić information content (AvgIpc) is 2.12. The molecule has 1 heterocycles. The van der Waals surface area contributed by atoms with E-state index in [-0.39, 0.29) is 13.2 Å². The number of halogens is 3. The Labute approximate surface area is 54.7 Å². The molecule has 1 aliphatic heterocycles. The van der Waals surface area contributed by atoms with Gasteiger partial charge in [-0.1, -0.05) is 0 Å². The fourth-order valence-corrected chi connectivity index (χ4v) is 0.514. The quantitative estimate of drug-likeness (QED) is 0.566. The first-order chi connectivity index (χ1) is 4.58. The van der Waals surface area contributed by atoms with E-state index in [4.69, 9.17) is 0 Å². The minimum absolute atomic E-state index is 0.140. The molecule has 10 heavy (non-hydrogen) atoms. The van der Waals surface area contributed by atoms with Crippen molar-refractivity contribution in [2.75, 3.05) is 13.2 Å². The van der Waals surface area contributed by atoms with E-state index in [9.17, 15) is 13.2 Å². The lowest BCUT2D eigenvalue weighted by atomic mass is 10.8. The van der Waals surface area contributed by atoms with Crippen LogP contribution in [-0.4, -0.2) is 26.1 Å². The zero-order valence-electron chi connectivity index (χ0n) is 4.85. The van der Waals surface area contributed by atoms with Gasteiger partial charge in [0.1, 0.15) is 0 Å². The summed E-state index contributed by atoms with van der Waals surface area (Å²) in [7, 11) is 0. The van der Waals surface area contributed by atoms with Crippen LogP contribution in [-0.2, 0) is 14.2 Å². The second kappa shape index (κ2) is 2.73. The minimum Gasteiger partial charge on any atom is -0.327 e. The Morgan fingerprint density at radius 1 is 1.20 bits per heavy atom. The third-order valence-corrected chi connectivity index (χ3v) is 0.821. The van der Waals surface area contributed by atoms with Crippen LogP contribution in [0, 0.1) is 0 Å². The molecule has 0 saturated carbocycles. The molecular formula is C4H5F3O3. The Morgan fingerprint density at radius 2 is 1.70 bits per heavy atom. The molecule has 0 aliphatic carbocycles. The maximum absolute atomic E-state index is 11.3. The van der Waals surface area contributed by atoms with Gasteiger partial charge >= 0.3 is 6.36 Å². The van der Waals surface area contributed by atoms with E-state index in [0.717, 1.165) is 0 Å². The van der Waals surface area contributed by atoms with Gasteiger partial charge in [-0.2, -0.15) is 0 Å². The summed E-state index contributed by atoms with van der Waals surface area (Å²) in [5.41, 5.74) is 0. The van der Waals surface area contributed by atoms with Crippen LogP contribution in [0.15, 0.2) is 0 Å². The van der Waals surface area contributed by atoms with Gasteiger partial charge in [0, 0.05) is 0 Å². The molecule has 0 radical (unpaired) electrons. The van der Waals surface area contributed by atoms with Crippen molar-refractivity contribution in [3.8, 4) is 0 Å². The number of hydrogen-bond acceptors (Lipinski definition) is 3. The molecule has 0 atom stereocenters. The van der Waals surface area contributed by atoms with Crippen LogP contribution in [0.1, 0.15) is 0 Å². The third kappa shape index (κ3) is 2.51. The van der Waals surface area contributed by atoms with E-state index in [1.165, 1.54) is 0 Å². The Morgan fingerprint density at radius 3 is 2.10 bits per heavy atom. The molecule has 1 saturated heterocycles. The first-order valence-electron chi connectivity index (χ1n) is 2.56. The molecule has 0 aromatic rings. The van der Waals surface area contributed by atoms with Gasteiger partial charge < -0.3 is 9.47 Å². The van der Waals surface area contributed by atoms with Gasteiger partial charge in [0.2, 0.25) is 0 Å². The lowest BCUT2D eigenvalue weighted by Gasteiger charge is -2.11. The smallest absolute Gasteiger partial charge is 0.327 e. The molecule has 0 N–H and O–H groups in total. The normalized spacial score (nSPS) is 21.9. The summed E-state index contributed by atoms with van der Waals surface area (Å²) in [4.78, 5) is 0. The molecule has 1 fully saturated rings. The second-order valence-corrected chi connectivity index (χ2v) is 1.59. The fourth-order valence-electron chi connectivity index (χ4n) is 0.514. The van der Waals surface area contributed by atoms with Gasteiger partial charge in [-0.15, -0.1) is 13.2 Å². The molecule has 0 amide bonds. The van der Waals surface area contributed by atoms with Crippen LogP contribution in [0.25, 0.3) is 0 Å². The predicted molar refractivity (Wildman–Crippen MR) is 22.8 cm³/mol. The summed E-state index contributed by atoms with van der Waals surface area (Å²) < 4.78 is 46.1. The first-order valence-corrected chi connectivity index (χ1v) is 2.56. The van der Waals surface area contributed by atoms with Crippen molar-refractivity contribution in [2.24, 2.45) is 0 Å². The molecule has 0 aromatic carbocycles. The highest BCUT2D eigenvalue weighted by Crippen LogP contribution is 2.21. The largest absolute Gasteiger partial charge is 0.526 e. The van der Waals surface area contributed by atoms with E-state index in [2.05, 4.69) is 14.2 Å². The van der Waals surface area contributed by atoms with Crippen molar-refractivity contribution in [1.29, 1.82) is 0 Å². The van der Waals surface area contributed by atoms with Gasteiger partial charge in [0.25, 0.3) is 6.48 Å². The maximum Gasteiger partial charge on any atom is 0.526 e. The first kappa shape index (κ1) is 7.77. The van der Waals surface area contributed by atoms with Crippen LogP contribution in [0.5, 0.6) is 0 Å². The zero-order valence-corrected chi connectivity index (χ0v) is 4.85. The zero-order chi connectivity index (χ0) is 7.61. The molecule has 60 valence electrons. The molecule has 0 unspecified atom stereocenters. The number of hydrogen-bond donors (Lipinski definition) is 0. The summed E-state index contributed by atoms with van der Waals surface area (Å²) in [6, 6.07) is 0. The van der Waals surface area contributed by atoms with Crippen molar-refractivity contribution in [3.63, 3.8) is 0 Å². The van der Waals surface area contributed by atoms with E-state index in [1.54, 1.807) is 0 Å². The number of alkyl halides is 3. The van der Waals surface area contributed by atoms with Gasteiger partial charge in [0.05, 0.1) is 13.2 Å². The van der Waals surface area contributed by atoms with Crippen molar-refractivity contribution in [1.82, 2.24) is 0 Å². The Bertz CT molecular complexity index is 107. The standard InChI is InChI=1S/C4H5F3O3/c5-4(6,7)10-3-8-1-2-9-3/h3H,1-2H2. The van der Waals surface area contributed by atoms with Crippen molar-refractivity contribution in [3.05, 3.63) is 0 Å². The van der Waals surface area contributed by atoms with Crippen molar-refractivity contribution in [2.45, 2.75) is 12.8 Å². The van der Waals surface area contributed by atoms with Crippen LogP contribution in [0.2, 0.25) is 0 Å². The van der Waals surface area contributed by atoms with Crippen LogP contribution < -0.4 is 0 Å². The topological polar surface area (TPSA) is 27.7 Å². The van der Waals surface area contributed by atoms with Gasteiger partial charge in [-0.3, -0.25) is 0 Å². The van der Waals surface area contributed by atoms with E-state index in [1.807, 2.05) is 0 Å². The summed E-state index contributed by atoms with van der Waals surface area (Å²) in [6.45, 7) is -1.29. The van der Waals surface area contributed by atoms with Gasteiger partial charge in [-0.25, -0.2) is 4.74 Å². The SMILES string of the molecule is FC(F)(F)OC1OCCO1. The molecule has 1 aliphatic rings. The molecule has 0 aromatic heterocycles. The van der Waals surface area contributed by atoms with Crippen molar-refractivity contribution < 1.29 is 27.4 Å². The van der Waals surface area contributed by atoms with Crippen molar-refractivity contribution >= 4 is 0 Å². The summed E-state index contributed by atoms with van der Waals surface area (Å²) >= 11 is 0. The average molecular weight is 158 g/mol. The van der Waals surface area contributed by atoms with E-state index in [0.29, 0.717) is 0 Å². The van der Waals surface area contributed by atoms with E-state index < -0.39 is 12.8 Å². The summed E-state index contributed by atoms with van der Waals surface area (Å²) in [6.07, 6.45) is -4.69. The Hall–Kier alpha value is -0.330. The Balaban J connectivity index is 2.24. The Kier molecular flexibility index (Phi) is 2.12. The lowest BCUT2D eigenvalue weighted by Crippen LogP contribution is -2.24. The van der Waals surface area contributed by atoms with E-state index >= 15 is 0 Å². The lowest BCUT2D eigenvalue weighted by molar-refractivity contribution is -0.411. The third-order valence-electron chi connectivity index (χ3n) is 0.821. The molecule has 6 heteroatoms. The van der Waals surface area contributed by atoms with Gasteiger partial charge in [0.15, 0.2) is 0 Å². The molecule has 0 spiro atoms. The fraction of sp³-hybridized carbons (Fsp3) is 1.00. The van der Waals surface area contributed by atoms with Crippen LogP contribution in [0.3, 0.4) is 0 Å². The highest BCUT2D eigenvalue weighted by Gasteiger charge is 2.36. The predicted octanol–water partition coefficient (Wildman–Crippen LogP) is 0.853.